The number of hydrogen-bond donors (Lipinski definition) is 1. The molecule has 1 aliphatic rings. The smallest absolute Gasteiger partial charge is 0.407 e. The van der Waals surface area contributed by atoms with Crippen LogP contribution in [0.5, 0.6) is 5.75 Å². The zero-order valence-electron chi connectivity index (χ0n) is 15.3. The molecule has 1 saturated heterocycles. The van der Waals surface area contributed by atoms with Gasteiger partial charge >= 0.3 is 6.09 Å². The number of nitrogens with zero attached hydrogens (tertiary/aromatic N) is 1. The quantitative estimate of drug-likeness (QED) is 0.741. The fourth-order valence-corrected chi connectivity index (χ4v) is 3.38. The number of likely N-dealkylation sites (tertiary alicyclic amines) is 1. The zero-order valence-corrected chi connectivity index (χ0v) is 15.3. The molecule has 1 fully saturated rings. The summed E-state index contributed by atoms with van der Waals surface area (Å²) in [6.45, 7) is 5.51. The fourth-order valence-electron chi connectivity index (χ4n) is 3.38. The lowest BCUT2D eigenvalue weighted by Crippen LogP contribution is -2.46. The van der Waals surface area contributed by atoms with Crippen LogP contribution in [-0.2, 0) is 11.3 Å². The molecule has 0 aromatic heterocycles. The average molecular weight is 367 g/mol. The summed E-state index contributed by atoms with van der Waals surface area (Å²) in [7, 11) is 0. The second kappa shape index (κ2) is 9.24. The summed E-state index contributed by atoms with van der Waals surface area (Å²) < 4.78 is 11.7. The second-order valence-corrected chi connectivity index (χ2v) is 6.63. The molecular formula is C22H25NO4. The minimum absolute atomic E-state index is 0.156. The van der Waals surface area contributed by atoms with Crippen molar-refractivity contribution < 1.29 is 19.4 Å². The third-order valence-electron chi connectivity index (χ3n) is 4.81. The van der Waals surface area contributed by atoms with Gasteiger partial charge in [0, 0.05) is 12.5 Å². The van der Waals surface area contributed by atoms with E-state index in [4.69, 9.17) is 9.47 Å². The van der Waals surface area contributed by atoms with Crippen molar-refractivity contribution in [1.29, 1.82) is 0 Å². The molecule has 1 amide bonds. The Labute approximate surface area is 159 Å². The van der Waals surface area contributed by atoms with Crippen LogP contribution < -0.4 is 4.74 Å². The lowest BCUT2D eigenvalue weighted by atomic mass is 9.87. The van der Waals surface area contributed by atoms with Crippen molar-refractivity contribution in [2.45, 2.75) is 25.0 Å². The molecule has 2 atom stereocenters. The van der Waals surface area contributed by atoms with Crippen molar-refractivity contribution in [1.82, 2.24) is 4.90 Å². The molecular weight excluding hydrogens is 342 g/mol. The molecule has 2 aromatic carbocycles. The van der Waals surface area contributed by atoms with Crippen LogP contribution in [0.2, 0.25) is 0 Å². The predicted molar refractivity (Wildman–Crippen MR) is 104 cm³/mol. The van der Waals surface area contributed by atoms with Gasteiger partial charge in [0.25, 0.3) is 0 Å². The highest BCUT2D eigenvalue weighted by Gasteiger charge is 2.32. The standard InChI is InChI=1S/C22H25NO4/c1-2-14-26-21-15-23(22(24)25)13-12-20(21)18-8-10-19(11-9-18)27-16-17-6-4-3-5-7-17/h2-11,20-21H,1,12-16H2,(H,24,25). The van der Waals surface area contributed by atoms with Crippen molar-refractivity contribution in [3.05, 3.63) is 78.4 Å². The number of rotatable bonds is 7. The third-order valence-corrected chi connectivity index (χ3v) is 4.81. The number of hydrogen-bond acceptors (Lipinski definition) is 3. The Bertz CT molecular complexity index is 745. The molecule has 0 saturated carbocycles. The highest BCUT2D eigenvalue weighted by molar-refractivity contribution is 5.65. The Balaban J connectivity index is 1.65. The second-order valence-electron chi connectivity index (χ2n) is 6.63. The van der Waals surface area contributed by atoms with Crippen LogP contribution in [0, 0.1) is 0 Å². The van der Waals surface area contributed by atoms with Gasteiger partial charge in [0.2, 0.25) is 0 Å². The number of ether oxygens (including phenoxy) is 2. The van der Waals surface area contributed by atoms with Crippen LogP contribution in [0.3, 0.4) is 0 Å². The zero-order chi connectivity index (χ0) is 19.1. The van der Waals surface area contributed by atoms with Gasteiger partial charge < -0.3 is 19.5 Å². The van der Waals surface area contributed by atoms with E-state index in [9.17, 15) is 9.90 Å². The molecule has 3 rings (SSSR count). The highest BCUT2D eigenvalue weighted by atomic mass is 16.5. The first-order valence-corrected chi connectivity index (χ1v) is 9.14. The van der Waals surface area contributed by atoms with Gasteiger partial charge in [0.1, 0.15) is 12.4 Å². The molecule has 0 spiro atoms. The van der Waals surface area contributed by atoms with Gasteiger partial charge in [-0.2, -0.15) is 0 Å². The molecule has 0 radical (unpaired) electrons. The fraction of sp³-hybridized carbons (Fsp3) is 0.318. The van der Waals surface area contributed by atoms with E-state index >= 15 is 0 Å². The van der Waals surface area contributed by atoms with Gasteiger partial charge in [-0.15, -0.1) is 6.58 Å². The minimum Gasteiger partial charge on any atom is -0.489 e. The number of piperidine rings is 1. The first kappa shape index (κ1) is 19.0. The molecule has 1 N–H and O–H groups in total. The van der Waals surface area contributed by atoms with Crippen LogP contribution in [0.25, 0.3) is 0 Å². The molecule has 27 heavy (non-hydrogen) atoms. The number of carboxylic acid groups (broad SMARTS) is 1. The monoisotopic (exact) mass is 367 g/mol. The van der Waals surface area contributed by atoms with Crippen molar-refractivity contribution in [2.24, 2.45) is 0 Å². The van der Waals surface area contributed by atoms with Crippen LogP contribution in [-0.4, -0.2) is 41.9 Å². The van der Waals surface area contributed by atoms with Crippen LogP contribution >= 0.6 is 0 Å². The molecule has 5 nitrogen and oxygen atoms in total. The van der Waals surface area contributed by atoms with Crippen molar-refractivity contribution in [2.75, 3.05) is 19.7 Å². The van der Waals surface area contributed by atoms with E-state index in [0.717, 1.165) is 23.3 Å². The van der Waals surface area contributed by atoms with E-state index in [0.29, 0.717) is 26.3 Å². The number of carbonyl (C=O) groups is 1. The normalized spacial score (nSPS) is 19.5. The maximum absolute atomic E-state index is 11.3. The van der Waals surface area contributed by atoms with Gasteiger partial charge in [0.05, 0.1) is 19.3 Å². The maximum Gasteiger partial charge on any atom is 0.407 e. The summed E-state index contributed by atoms with van der Waals surface area (Å²) >= 11 is 0. The van der Waals surface area contributed by atoms with E-state index in [-0.39, 0.29) is 12.0 Å². The Morgan fingerprint density at radius 3 is 2.59 bits per heavy atom. The molecule has 5 heteroatoms. The van der Waals surface area contributed by atoms with Gasteiger partial charge in [-0.3, -0.25) is 0 Å². The summed E-state index contributed by atoms with van der Waals surface area (Å²) in [6, 6.07) is 18.1. The topological polar surface area (TPSA) is 59.0 Å². The summed E-state index contributed by atoms with van der Waals surface area (Å²) in [6.07, 6.45) is 1.35. The van der Waals surface area contributed by atoms with E-state index < -0.39 is 6.09 Å². The van der Waals surface area contributed by atoms with Crippen molar-refractivity contribution in [3.63, 3.8) is 0 Å². The largest absolute Gasteiger partial charge is 0.489 e. The summed E-state index contributed by atoms with van der Waals surface area (Å²) in [4.78, 5) is 12.7. The Morgan fingerprint density at radius 1 is 1.19 bits per heavy atom. The summed E-state index contributed by atoms with van der Waals surface area (Å²) in [5.41, 5.74) is 2.27. The Morgan fingerprint density at radius 2 is 1.93 bits per heavy atom. The average Bonchev–Trinajstić information content (AvgIpc) is 2.71. The lowest BCUT2D eigenvalue weighted by molar-refractivity contribution is 0.00162. The first-order valence-electron chi connectivity index (χ1n) is 9.14. The van der Waals surface area contributed by atoms with Gasteiger partial charge in [0.15, 0.2) is 0 Å². The third kappa shape index (κ3) is 5.11. The maximum atomic E-state index is 11.3. The lowest BCUT2D eigenvalue weighted by Gasteiger charge is -2.37. The molecule has 0 aliphatic carbocycles. The van der Waals surface area contributed by atoms with E-state index in [1.54, 1.807) is 6.08 Å². The molecule has 2 unspecified atom stereocenters. The van der Waals surface area contributed by atoms with Crippen LogP contribution in [0.15, 0.2) is 67.3 Å². The number of amides is 1. The van der Waals surface area contributed by atoms with E-state index in [1.807, 2.05) is 54.6 Å². The first-order chi connectivity index (χ1) is 13.2. The molecule has 2 aromatic rings. The van der Waals surface area contributed by atoms with Gasteiger partial charge in [-0.1, -0.05) is 48.5 Å². The van der Waals surface area contributed by atoms with Crippen LogP contribution in [0.4, 0.5) is 4.79 Å². The highest BCUT2D eigenvalue weighted by Crippen LogP contribution is 2.31. The van der Waals surface area contributed by atoms with Crippen molar-refractivity contribution >= 4 is 6.09 Å². The number of benzene rings is 2. The van der Waals surface area contributed by atoms with Crippen molar-refractivity contribution in [3.8, 4) is 5.75 Å². The molecule has 142 valence electrons. The molecule has 1 aliphatic heterocycles. The van der Waals surface area contributed by atoms with Gasteiger partial charge in [-0.25, -0.2) is 4.79 Å². The Hall–Kier alpha value is -2.79. The van der Waals surface area contributed by atoms with Crippen LogP contribution in [0.1, 0.15) is 23.5 Å². The van der Waals surface area contributed by atoms with E-state index in [2.05, 4.69) is 6.58 Å². The molecule has 0 bridgehead atoms. The van der Waals surface area contributed by atoms with E-state index in [1.165, 1.54) is 4.90 Å². The van der Waals surface area contributed by atoms with Gasteiger partial charge in [-0.05, 0) is 29.7 Å². The molecule has 1 heterocycles. The predicted octanol–water partition coefficient (Wildman–Crippen LogP) is 4.30. The SMILES string of the molecule is C=CCOC1CN(C(=O)O)CCC1c1ccc(OCc2ccccc2)cc1. The summed E-state index contributed by atoms with van der Waals surface area (Å²) in [5, 5.41) is 9.26. The summed E-state index contributed by atoms with van der Waals surface area (Å²) in [5.74, 6) is 0.970. The minimum atomic E-state index is -0.898. The Kier molecular flexibility index (Phi) is 6.49.